The van der Waals surface area contributed by atoms with Crippen LogP contribution in [0.25, 0.3) is 5.13 Å². The molecule has 1 amide bonds. The molecule has 0 spiro atoms. The van der Waals surface area contributed by atoms with Crippen LogP contribution >= 0.6 is 23.7 Å². The van der Waals surface area contributed by atoms with Crippen LogP contribution < -0.4 is 0 Å². The first kappa shape index (κ1) is 24.4. The summed E-state index contributed by atoms with van der Waals surface area (Å²) >= 11 is 1.45. The standard InChI is InChI=1S/C24H31N5OS.ClH/c1-6-27-11-13-28(14-12-27)23(30)22-18(4)25-24(31-22)29-19(5)21(17(3)26-29)15-20-9-7-16(2)8-10-20;/h7-10H,6,11-15H2,1-5H3;1H. The number of rotatable bonds is 5. The van der Waals surface area contributed by atoms with Crippen LogP contribution in [-0.4, -0.2) is 63.2 Å². The molecule has 3 heterocycles. The van der Waals surface area contributed by atoms with Crippen LogP contribution in [0.4, 0.5) is 0 Å². The van der Waals surface area contributed by atoms with Gasteiger partial charge < -0.3 is 9.80 Å². The number of halogens is 1. The molecule has 0 saturated carbocycles. The van der Waals surface area contributed by atoms with Crippen molar-refractivity contribution in [2.75, 3.05) is 32.7 Å². The number of aromatic nitrogens is 3. The smallest absolute Gasteiger partial charge is 0.266 e. The summed E-state index contributed by atoms with van der Waals surface area (Å²) in [4.78, 5) is 22.9. The van der Waals surface area contributed by atoms with E-state index < -0.39 is 0 Å². The maximum absolute atomic E-state index is 13.1. The highest BCUT2D eigenvalue weighted by molar-refractivity contribution is 7.16. The van der Waals surface area contributed by atoms with Crippen LogP contribution in [0.15, 0.2) is 24.3 Å². The lowest BCUT2D eigenvalue weighted by atomic mass is 10.0. The van der Waals surface area contributed by atoms with Crippen molar-refractivity contribution in [3.63, 3.8) is 0 Å². The molecule has 0 atom stereocenters. The number of nitrogens with zero attached hydrogens (tertiary/aromatic N) is 5. The molecule has 3 aromatic rings. The number of aryl methyl sites for hydroxylation is 3. The Morgan fingerprint density at radius 3 is 2.28 bits per heavy atom. The topological polar surface area (TPSA) is 54.3 Å². The summed E-state index contributed by atoms with van der Waals surface area (Å²) in [5.74, 6) is 0.0958. The second kappa shape index (κ2) is 10.1. The third-order valence-electron chi connectivity index (χ3n) is 6.21. The Labute approximate surface area is 200 Å². The van der Waals surface area contributed by atoms with Crippen molar-refractivity contribution >= 4 is 29.7 Å². The number of carbonyl (C=O) groups excluding carboxylic acids is 1. The minimum Gasteiger partial charge on any atom is -0.335 e. The minimum atomic E-state index is 0. The van der Waals surface area contributed by atoms with E-state index in [-0.39, 0.29) is 18.3 Å². The zero-order valence-corrected chi connectivity index (χ0v) is 21.1. The molecule has 1 aromatic carbocycles. The molecule has 1 aliphatic heterocycles. The largest absolute Gasteiger partial charge is 0.335 e. The molecular weight excluding hydrogens is 442 g/mol. The fourth-order valence-corrected chi connectivity index (χ4v) is 5.15. The van der Waals surface area contributed by atoms with Crippen LogP contribution in [0.3, 0.4) is 0 Å². The summed E-state index contributed by atoms with van der Waals surface area (Å²) in [5.41, 5.74) is 6.64. The molecule has 1 aliphatic rings. The molecule has 0 radical (unpaired) electrons. The van der Waals surface area contributed by atoms with Crippen molar-refractivity contribution in [2.45, 2.75) is 41.0 Å². The van der Waals surface area contributed by atoms with E-state index in [4.69, 9.17) is 10.1 Å². The number of carbonyl (C=O) groups is 1. The van der Waals surface area contributed by atoms with E-state index >= 15 is 0 Å². The van der Waals surface area contributed by atoms with Crippen molar-refractivity contribution in [1.82, 2.24) is 24.6 Å². The lowest BCUT2D eigenvalue weighted by Gasteiger charge is -2.33. The van der Waals surface area contributed by atoms with Gasteiger partial charge >= 0.3 is 0 Å². The summed E-state index contributed by atoms with van der Waals surface area (Å²) in [6.45, 7) is 14.8. The maximum Gasteiger partial charge on any atom is 0.266 e. The maximum atomic E-state index is 13.1. The Hall–Kier alpha value is -2.22. The van der Waals surface area contributed by atoms with Crippen molar-refractivity contribution in [2.24, 2.45) is 0 Å². The molecule has 8 heteroatoms. The molecule has 1 saturated heterocycles. The third kappa shape index (κ3) is 4.90. The van der Waals surface area contributed by atoms with Crippen molar-refractivity contribution in [1.29, 1.82) is 0 Å². The van der Waals surface area contributed by atoms with E-state index in [1.807, 2.05) is 23.4 Å². The summed E-state index contributed by atoms with van der Waals surface area (Å²) in [7, 11) is 0. The molecule has 172 valence electrons. The van der Waals surface area contributed by atoms with Gasteiger partial charge in [-0.15, -0.1) is 12.4 Å². The van der Waals surface area contributed by atoms with Crippen LogP contribution in [0.5, 0.6) is 0 Å². The lowest BCUT2D eigenvalue weighted by Crippen LogP contribution is -2.48. The number of hydrogen-bond donors (Lipinski definition) is 0. The van der Waals surface area contributed by atoms with E-state index in [1.54, 1.807) is 0 Å². The number of likely N-dealkylation sites (N-methyl/N-ethyl adjacent to an activating group) is 1. The number of thiazole rings is 1. The van der Waals surface area contributed by atoms with Gasteiger partial charge in [-0.05, 0) is 39.8 Å². The molecule has 32 heavy (non-hydrogen) atoms. The average molecular weight is 474 g/mol. The summed E-state index contributed by atoms with van der Waals surface area (Å²) in [6, 6.07) is 8.64. The molecule has 6 nitrogen and oxygen atoms in total. The van der Waals surface area contributed by atoms with Gasteiger partial charge in [0.25, 0.3) is 5.91 Å². The normalized spacial score (nSPS) is 14.5. The van der Waals surface area contributed by atoms with E-state index in [1.165, 1.54) is 28.0 Å². The van der Waals surface area contributed by atoms with Gasteiger partial charge in [0.15, 0.2) is 0 Å². The van der Waals surface area contributed by atoms with Crippen LogP contribution in [0.1, 0.15) is 50.4 Å². The van der Waals surface area contributed by atoms with E-state index in [0.29, 0.717) is 0 Å². The summed E-state index contributed by atoms with van der Waals surface area (Å²) in [6.07, 6.45) is 0.843. The van der Waals surface area contributed by atoms with Crippen LogP contribution in [0, 0.1) is 27.7 Å². The average Bonchev–Trinajstić information content (AvgIpc) is 3.29. The fourth-order valence-electron chi connectivity index (χ4n) is 4.11. The van der Waals surface area contributed by atoms with E-state index in [2.05, 4.69) is 49.9 Å². The third-order valence-corrected chi connectivity index (χ3v) is 7.33. The summed E-state index contributed by atoms with van der Waals surface area (Å²) in [5, 5.41) is 5.54. The van der Waals surface area contributed by atoms with E-state index in [9.17, 15) is 4.79 Å². The molecule has 0 unspecified atom stereocenters. The molecule has 0 N–H and O–H groups in total. The van der Waals surface area contributed by atoms with Crippen LogP contribution in [0.2, 0.25) is 0 Å². The predicted octanol–water partition coefficient (Wildman–Crippen LogP) is 4.35. The monoisotopic (exact) mass is 473 g/mol. The minimum absolute atomic E-state index is 0. The van der Waals surface area contributed by atoms with Gasteiger partial charge in [0.2, 0.25) is 5.13 Å². The highest BCUT2D eigenvalue weighted by Gasteiger charge is 2.26. The van der Waals surface area contributed by atoms with Gasteiger partial charge in [-0.3, -0.25) is 4.79 Å². The van der Waals surface area contributed by atoms with E-state index in [0.717, 1.165) is 66.2 Å². The van der Waals surface area contributed by atoms with Gasteiger partial charge in [0, 0.05) is 43.9 Å². The number of benzene rings is 1. The van der Waals surface area contributed by atoms with Gasteiger partial charge in [-0.2, -0.15) is 5.10 Å². The first-order valence-electron chi connectivity index (χ1n) is 11.0. The van der Waals surface area contributed by atoms with Crippen molar-refractivity contribution < 1.29 is 4.79 Å². The second-order valence-electron chi connectivity index (χ2n) is 8.36. The molecule has 0 aliphatic carbocycles. The zero-order chi connectivity index (χ0) is 22.1. The Morgan fingerprint density at radius 2 is 1.66 bits per heavy atom. The van der Waals surface area contributed by atoms with Gasteiger partial charge in [0.1, 0.15) is 4.88 Å². The lowest BCUT2D eigenvalue weighted by molar-refractivity contribution is 0.0647. The van der Waals surface area contributed by atoms with Crippen molar-refractivity contribution in [3.8, 4) is 5.13 Å². The van der Waals surface area contributed by atoms with Crippen LogP contribution in [-0.2, 0) is 6.42 Å². The molecule has 1 fully saturated rings. The van der Waals surface area contributed by atoms with Gasteiger partial charge in [-0.25, -0.2) is 9.67 Å². The zero-order valence-electron chi connectivity index (χ0n) is 19.5. The molecule has 2 aromatic heterocycles. The predicted molar refractivity (Wildman–Crippen MR) is 133 cm³/mol. The molecule has 0 bridgehead atoms. The Bertz CT molecular complexity index is 1080. The number of amides is 1. The number of piperazine rings is 1. The Kier molecular flexibility index (Phi) is 7.75. The van der Waals surface area contributed by atoms with Gasteiger partial charge in [0.05, 0.1) is 11.4 Å². The SMILES string of the molecule is CCN1CCN(C(=O)c2sc(-n3nc(C)c(Cc4ccc(C)cc4)c3C)nc2C)CC1.Cl. The highest BCUT2D eigenvalue weighted by atomic mass is 35.5. The quantitative estimate of drug-likeness (QED) is 0.552. The summed E-state index contributed by atoms with van der Waals surface area (Å²) < 4.78 is 1.91. The van der Waals surface area contributed by atoms with Crippen molar-refractivity contribution in [3.05, 3.63) is 62.9 Å². The van der Waals surface area contributed by atoms with Gasteiger partial charge in [-0.1, -0.05) is 48.1 Å². The fraction of sp³-hybridized carbons (Fsp3) is 0.458. The second-order valence-corrected chi connectivity index (χ2v) is 9.34. The highest BCUT2D eigenvalue weighted by Crippen LogP contribution is 2.27. The first-order chi connectivity index (χ1) is 14.9. The Morgan fingerprint density at radius 1 is 1.00 bits per heavy atom. The molecular formula is C24H32ClN5OS. The first-order valence-corrected chi connectivity index (χ1v) is 11.8. The number of hydrogen-bond acceptors (Lipinski definition) is 5. The molecule has 4 rings (SSSR count). The Balaban J connectivity index is 0.00000289.